The van der Waals surface area contributed by atoms with Crippen molar-refractivity contribution in [2.24, 2.45) is 11.7 Å². The Balaban J connectivity index is 2.34. The Morgan fingerprint density at radius 1 is 1.50 bits per heavy atom. The summed E-state index contributed by atoms with van der Waals surface area (Å²) >= 11 is 0. The van der Waals surface area contributed by atoms with Crippen molar-refractivity contribution in [1.82, 2.24) is 15.0 Å². The van der Waals surface area contributed by atoms with E-state index in [1.807, 2.05) is 0 Å². The number of primary amides is 1. The largest absolute Gasteiger partial charge is 0.481 e. The molecule has 1 aromatic rings. The number of rotatable bonds is 8. The van der Waals surface area contributed by atoms with Gasteiger partial charge in [-0.05, 0) is 19.3 Å². The second kappa shape index (κ2) is 6.73. The van der Waals surface area contributed by atoms with Gasteiger partial charge < -0.3 is 10.8 Å². The zero-order valence-electron chi connectivity index (χ0n) is 10.4. The van der Waals surface area contributed by atoms with Gasteiger partial charge in [-0.25, -0.2) is 0 Å². The lowest BCUT2D eigenvalue weighted by Crippen LogP contribution is -2.24. The van der Waals surface area contributed by atoms with Gasteiger partial charge in [0.05, 0.1) is 18.2 Å². The van der Waals surface area contributed by atoms with Crippen LogP contribution < -0.4 is 5.73 Å². The molecule has 7 heteroatoms. The summed E-state index contributed by atoms with van der Waals surface area (Å²) in [6, 6.07) is 0. The lowest BCUT2D eigenvalue weighted by atomic mass is 10.1. The van der Waals surface area contributed by atoms with Crippen molar-refractivity contribution in [2.75, 3.05) is 0 Å². The number of nitrogens with zero attached hydrogens (tertiary/aromatic N) is 3. The van der Waals surface area contributed by atoms with Crippen molar-refractivity contribution in [2.45, 2.75) is 39.2 Å². The van der Waals surface area contributed by atoms with Crippen LogP contribution in [0.3, 0.4) is 0 Å². The maximum atomic E-state index is 10.9. The molecule has 0 aromatic carbocycles. The van der Waals surface area contributed by atoms with E-state index in [0.717, 1.165) is 12.1 Å². The molecule has 7 nitrogen and oxygen atoms in total. The highest BCUT2D eigenvalue weighted by Gasteiger charge is 2.10. The van der Waals surface area contributed by atoms with Crippen molar-refractivity contribution in [3.8, 4) is 0 Å². The molecule has 0 saturated heterocycles. The first-order chi connectivity index (χ1) is 8.49. The number of aromatic nitrogens is 3. The third-order valence-electron chi connectivity index (χ3n) is 2.61. The minimum Gasteiger partial charge on any atom is -0.481 e. The Hall–Kier alpha value is -1.92. The quantitative estimate of drug-likeness (QED) is 0.643. The van der Waals surface area contributed by atoms with E-state index in [4.69, 9.17) is 10.8 Å². The van der Waals surface area contributed by atoms with Crippen LogP contribution in [0.2, 0.25) is 0 Å². The van der Waals surface area contributed by atoms with E-state index >= 15 is 0 Å². The highest BCUT2D eigenvalue weighted by molar-refractivity contribution is 5.76. The number of hydrogen-bond acceptors (Lipinski definition) is 4. The van der Waals surface area contributed by atoms with Crippen LogP contribution in [0.25, 0.3) is 0 Å². The van der Waals surface area contributed by atoms with Gasteiger partial charge in [0.15, 0.2) is 0 Å². The summed E-state index contributed by atoms with van der Waals surface area (Å²) in [6.07, 6.45) is 4.02. The van der Waals surface area contributed by atoms with Crippen molar-refractivity contribution in [3.05, 3.63) is 11.9 Å². The number of carboxylic acid groups (broad SMARTS) is 1. The van der Waals surface area contributed by atoms with Gasteiger partial charge in [-0.1, -0.05) is 12.1 Å². The Kier molecular flexibility index (Phi) is 5.29. The van der Waals surface area contributed by atoms with Crippen molar-refractivity contribution < 1.29 is 14.7 Å². The smallest absolute Gasteiger partial charge is 0.303 e. The average molecular weight is 254 g/mol. The maximum Gasteiger partial charge on any atom is 0.303 e. The van der Waals surface area contributed by atoms with Crippen LogP contribution in [0.4, 0.5) is 0 Å². The number of aliphatic carboxylic acids is 1. The van der Waals surface area contributed by atoms with E-state index in [-0.39, 0.29) is 18.2 Å². The molecule has 1 rings (SSSR count). The van der Waals surface area contributed by atoms with Crippen molar-refractivity contribution in [3.63, 3.8) is 0 Å². The number of carboxylic acids is 1. The van der Waals surface area contributed by atoms with Crippen LogP contribution in [0.15, 0.2) is 6.20 Å². The molecule has 1 unspecified atom stereocenters. The minimum atomic E-state index is -0.783. The molecule has 1 atom stereocenters. The van der Waals surface area contributed by atoms with Crippen LogP contribution in [-0.4, -0.2) is 32.0 Å². The maximum absolute atomic E-state index is 10.9. The molecule has 0 radical (unpaired) electrons. The number of nitrogens with two attached hydrogens (primary N) is 1. The number of unbranched alkanes of at least 4 members (excludes halogenated alkanes) is 1. The molecule has 18 heavy (non-hydrogen) atoms. The van der Waals surface area contributed by atoms with Gasteiger partial charge in [-0.3, -0.25) is 14.3 Å². The van der Waals surface area contributed by atoms with E-state index in [2.05, 4.69) is 10.3 Å². The summed E-state index contributed by atoms with van der Waals surface area (Å²) < 4.78 is 1.59. The van der Waals surface area contributed by atoms with Crippen LogP contribution in [0, 0.1) is 5.92 Å². The number of aryl methyl sites for hydroxylation is 1. The molecule has 0 spiro atoms. The topological polar surface area (TPSA) is 111 Å². The third-order valence-corrected chi connectivity index (χ3v) is 2.61. The zero-order chi connectivity index (χ0) is 13.5. The van der Waals surface area contributed by atoms with Crippen LogP contribution in [0.1, 0.15) is 31.9 Å². The van der Waals surface area contributed by atoms with Crippen molar-refractivity contribution >= 4 is 11.9 Å². The highest BCUT2D eigenvalue weighted by atomic mass is 16.4. The first-order valence-electron chi connectivity index (χ1n) is 5.89. The normalized spacial score (nSPS) is 12.3. The fraction of sp³-hybridized carbons (Fsp3) is 0.636. The summed E-state index contributed by atoms with van der Waals surface area (Å²) in [5, 5.41) is 16.3. The second-order valence-electron chi connectivity index (χ2n) is 4.34. The summed E-state index contributed by atoms with van der Waals surface area (Å²) in [5.41, 5.74) is 5.96. The monoisotopic (exact) mass is 254 g/mol. The molecule has 0 aliphatic rings. The molecule has 100 valence electrons. The first kappa shape index (κ1) is 14.1. The third kappa shape index (κ3) is 4.94. The van der Waals surface area contributed by atoms with Gasteiger partial charge in [-0.15, -0.1) is 5.10 Å². The zero-order valence-corrected chi connectivity index (χ0v) is 10.4. The fourth-order valence-electron chi connectivity index (χ4n) is 1.50. The van der Waals surface area contributed by atoms with E-state index in [1.165, 1.54) is 0 Å². The Labute approximate surface area is 105 Å². The highest BCUT2D eigenvalue weighted by Crippen LogP contribution is 2.05. The number of carbonyl (C=O) groups excluding carboxylic acids is 1. The average Bonchev–Trinajstić information content (AvgIpc) is 2.72. The van der Waals surface area contributed by atoms with Crippen LogP contribution >= 0.6 is 0 Å². The minimum absolute atomic E-state index is 0.173. The fourth-order valence-corrected chi connectivity index (χ4v) is 1.50. The molecular weight excluding hydrogens is 236 g/mol. The van der Waals surface area contributed by atoms with Gasteiger partial charge >= 0.3 is 5.97 Å². The second-order valence-corrected chi connectivity index (χ2v) is 4.34. The Morgan fingerprint density at radius 2 is 2.22 bits per heavy atom. The van der Waals surface area contributed by atoms with E-state index < -0.39 is 5.97 Å². The molecule has 0 aliphatic carbocycles. The van der Waals surface area contributed by atoms with Gasteiger partial charge in [0.25, 0.3) is 0 Å². The predicted molar refractivity (Wildman–Crippen MR) is 63.6 cm³/mol. The van der Waals surface area contributed by atoms with E-state index in [9.17, 15) is 9.59 Å². The molecule has 0 bridgehead atoms. The van der Waals surface area contributed by atoms with Crippen LogP contribution in [0.5, 0.6) is 0 Å². The lowest BCUT2D eigenvalue weighted by molar-refractivity contribution is -0.137. The SMILES string of the molecule is CC(Cn1cc(CCCCC(=O)O)nn1)C(N)=O. The standard InChI is InChI=1S/C11H18N4O3/c1-8(11(12)18)6-15-7-9(13-14-15)4-2-3-5-10(16)17/h7-8H,2-6H2,1H3,(H2,12,18)(H,16,17). The van der Waals surface area contributed by atoms with E-state index in [1.54, 1.807) is 17.8 Å². The number of hydrogen-bond donors (Lipinski definition) is 2. The molecule has 0 fully saturated rings. The molecule has 0 saturated carbocycles. The summed E-state index contributed by atoms with van der Waals surface area (Å²) in [5.74, 6) is -1.44. The van der Waals surface area contributed by atoms with Gasteiger partial charge in [0, 0.05) is 12.6 Å². The summed E-state index contributed by atoms with van der Waals surface area (Å²) in [7, 11) is 0. The Bertz CT molecular complexity index is 416. The molecule has 1 aromatic heterocycles. The first-order valence-corrected chi connectivity index (χ1v) is 5.89. The molecule has 1 amide bonds. The van der Waals surface area contributed by atoms with Gasteiger partial charge in [-0.2, -0.15) is 0 Å². The lowest BCUT2D eigenvalue weighted by Gasteiger charge is -2.05. The van der Waals surface area contributed by atoms with Crippen molar-refractivity contribution in [1.29, 1.82) is 0 Å². The predicted octanol–water partition coefficient (Wildman–Crippen LogP) is 0.197. The van der Waals surface area contributed by atoms with Crippen LogP contribution in [-0.2, 0) is 22.6 Å². The summed E-state index contributed by atoms with van der Waals surface area (Å²) in [4.78, 5) is 21.2. The van der Waals surface area contributed by atoms with Gasteiger partial charge in [0.2, 0.25) is 5.91 Å². The van der Waals surface area contributed by atoms with E-state index in [0.29, 0.717) is 19.4 Å². The molecular formula is C11H18N4O3. The number of carbonyl (C=O) groups is 2. The Morgan fingerprint density at radius 3 is 2.83 bits per heavy atom. The molecule has 1 heterocycles. The molecule has 0 aliphatic heterocycles. The number of amides is 1. The molecule has 3 N–H and O–H groups in total. The van der Waals surface area contributed by atoms with Gasteiger partial charge in [0.1, 0.15) is 0 Å². The summed E-state index contributed by atoms with van der Waals surface area (Å²) in [6.45, 7) is 2.15.